The van der Waals surface area contributed by atoms with Gasteiger partial charge in [0.05, 0.1) is 18.6 Å². The molecule has 0 aliphatic rings. The number of pyridine rings is 1. The number of H-pyrrole nitrogens is 1. The van der Waals surface area contributed by atoms with Gasteiger partial charge >= 0.3 is 0 Å². The maximum absolute atomic E-state index is 13.4. The van der Waals surface area contributed by atoms with E-state index in [0.29, 0.717) is 13.0 Å². The molecule has 1 amide bonds. The highest BCUT2D eigenvalue weighted by atomic mass is 16.3. The number of nitrogens with one attached hydrogen (secondary N) is 3. The molecular weight excluding hydrogens is 412 g/mol. The minimum absolute atomic E-state index is 0.0549. The first-order valence-corrected chi connectivity index (χ1v) is 11.1. The van der Waals surface area contributed by atoms with Gasteiger partial charge < -0.3 is 14.7 Å². The summed E-state index contributed by atoms with van der Waals surface area (Å²) in [5.41, 5.74) is 4.02. The fourth-order valence-corrected chi connectivity index (χ4v) is 4.18. The molecule has 2 aromatic carbocycles. The average Bonchev–Trinajstić information content (AvgIpc) is 3.46. The zero-order valence-corrected chi connectivity index (χ0v) is 18.4. The van der Waals surface area contributed by atoms with E-state index in [-0.39, 0.29) is 11.9 Å². The summed E-state index contributed by atoms with van der Waals surface area (Å²) in [6.45, 7) is 2.44. The first-order chi connectivity index (χ1) is 16.2. The summed E-state index contributed by atoms with van der Waals surface area (Å²) in [4.78, 5) is 20.7. The van der Waals surface area contributed by atoms with Crippen molar-refractivity contribution in [3.8, 4) is 0 Å². The molecule has 6 heteroatoms. The summed E-state index contributed by atoms with van der Waals surface area (Å²) in [7, 11) is 0. The van der Waals surface area contributed by atoms with Crippen molar-refractivity contribution in [1.82, 2.24) is 20.6 Å². The highest BCUT2D eigenvalue weighted by Gasteiger charge is 2.22. The minimum Gasteiger partial charge on any atom is -0.460 e. The Hall–Kier alpha value is -3.90. The van der Waals surface area contributed by atoms with E-state index in [2.05, 4.69) is 26.7 Å². The molecule has 6 nitrogen and oxygen atoms in total. The SMILES string of the molecule is CC(NC(=O)C(Cc1c[nH]c2ccccc12)NCc1cc2ccccc2o1)c1ccncc1. The lowest BCUT2D eigenvalue weighted by atomic mass is 10.0. The number of furan rings is 1. The topological polar surface area (TPSA) is 83.0 Å². The maximum atomic E-state index is 13.4. The molecule has 166 valence electrons. The molecule has 3 heterocycles. The van der Waals surface area contributed by atoms with Gasteiger partial charge in [0.15, 0.2) is 0 Å². The summed E-state index contributed by atoms with van der Waals surface area (Å²) < 4.78 is 5.95. The van der Waals surface area contributed by atoms with Gasteiger partial charge in [0, 0.05) is 34.9 Å². The molecular formula is C27H26N4O2. The Kier molecular flexibility index (Phi) is 5.91. The second kappa shape index (κ2) is 9.30. The second-order valence-electron chi connectivity index (χ2n) is 8.26. The monoisotopic (exact) mass is 438 g/mol. The number of fused-ring (bicyclic) bond motifs is 2. The van der Waals surface area contributed by atoms with Crippen molar-refractivity contribution in [1.29, 1.82) is 0 Å². The third-order valence-corrected chi connectivity index (χ3v) is 5.98. The second-order valence-corrected chi connectivity index (χ2v) is 8.26. The van der Waals surface area contributed by atoms with E-state index in [1.807, 2.05) is 73.8 Å². The van der Waals surface area contributed by atoms with Crippen LogP contribution in [0, 0.1) is 0 Å². The van der Waals surface area contributed by atoms with Crippen molar-refractivity contribution in [2.45, 2.75) is 32.0 Å². The number of benzene rings is 2. The molecule has 33 heavy (non-hydrogen) atoms. The highest BCUT2D eigenvalue weighted by Crippen LogP contribution is 2.21. The van der Waals surface area contributed by atoms with Gasteiger partial charge in [-0.25, -0.2) is 0 Å². The van der Waals surface area contributed by atoms with Crippen LogP contribution in [0.2, 0.25) is 0 Å². The number of aromatic nitrogens is 2. The summed E-state index contributed by atoms with van der Waals surface area (Å²) in [5, 5.41) is 8.76. The molecule has 0 saturated carbocycles. The Labute approximate surface area is 192 Å². The van der Waals surface area contributed by atoms with E-state index in [1.165, 1.54) is 0 Å². The van der Waals surface area contributed by atoms with Crippen LogP contribution in [0.5, 0.6) is 0 Å². The quantitative estimate of drug-likeness (QED) is 0.322. The number of aromatic amines is 1. The van der Waals surface area contributed by atoms with E-state index >= 15 is 0 Å². The van der Waals surface area contributed by atoms with Crippen LogP contribution in [0.15, 0.2) is 89.7 Å². The molecule has 0 saturated heterocycles. The van der Waals surface area contributed by atoms with Gasteiger partial charge in [-0.15, -0.1) is 0 Å². The van der Waals surface area contributed by atoms with Crippen LogP contribution in [0.25, 0.3) is 21.9 Å². The van der Waals surface area contributed by atoms with Gasteiger partial charge in [-0.05, 0) is 54.8 Å². The van der Waals surface area contributed by atoms with Gasteiger partial charge in [-0.2, -0.15) is 0 Å². The predicted molar refractivity (Wildman–Crippen MR) is 130 cm³/mol. The fraction of sp³-hybridized carbons (Fsp3) is 0.185. The zero-order valence-electron chi connectivity index (χ0n) is 18.4. The number of hydrogen-bond acceptors (Lipinski definition) is 4. The fourth-order valence-electron chi connectivity index (χ4n) is 4.18. The number of carbonyl (C=O) groups excluding carboxylic acids is 1. The van der Waals surface area contributed by atoms with Crippen molar-refractivity contribution in [3.63, 3.8) is 0 Å². The molecule has 0 fully saturated rings. The number of amides is 1. The van der Waals surface area contributed by atoms with E-state index in [4.69, 9.17) is 4.42 Å². The van der Waals surface area contributed by atoms with Crippen LogP contribution in [0.3, 0.4) is 0 Å². The molecule has 0 bridgehead atoms. The molecule has 0 aliphatic heterocycles. The smallest absolute Gasteiger partial charge is 0.237 e. The van der Waals surface area contributed by atoms with Gasteiger partial charge in [-0.3, -0.25) is 15.1 Å². The lowest BCUT2D eigenvalue weighted by molar-refractivity contribution is -0.123. The Morgan fingerprint density at radius 1 is 1.06 bits per heavy atom. The first-order valence-electron chi connectivity index (χ1n) is 11.1. The Morgan fingerprint density at radius 2 is 1.85 bits per heavy atom. The van der Waals surface area contributed by atoms with Crippen LogP contribution in [0.4, 0.5) is 0 Å². The van der Waals surface area contributed by atoms with Gasteiger partial charge in [0.2, 0.25) is 5.91 Å². The largest absolute Gasteiger partial charge is 0.460 e. The van der Waals surface area contributed by atoms with E-state index in [9.17, 15) is 4.79 Å². The molecule has 0 radical (unpaired) electrons. The van der Waals surface area contributed by atoms with Gasteiger partial charge in [-0.1, -0.05) is 36.4 Å². The molecule has 0 spiro atoms. The van der Waals surface area contributed by atoms with Crippen molar-refractivity contribution in [3.05, 3.63) is 102 Å². The third-order valence-electron chi connectivity index (χ3n) is 5.98. The Morgan fingerprint density at radius 3 is 2.70 bits per heavy atom. The third kappa shape index (κ3) is 4.66. The van der Waals surface area contributed by atoms with Crippen molar-refractivity contribution in [2.24, 2.45) is 0 Å². The van der Waals surface area contributed by atoms with Crippen molar-refractivity contribution >= 4 is 27.8 Å². The van der Waals surface area contributed by atoms with Crippen LogP contribution < -0.4 is 10.6 Å². The van der Waals surface area contributed by atoms with Crippen LogP contribution >= 0.6 is 0 Å². The molecule has 3 aromatic heterocycles. The number of hydrogen-bond donors (Lipinski definition) is 3. The summed E-state index contributed by atoms with van der Waals surface area (Å²) in [6, 6.07) is 21.4. The molecule has 2 atom stereocenters. The average molecular weight is 439 g/mol. The lowest BCUT2D eigenvalue weighted by Crippen LogP contribution is -2.46. The Bertz CT molecular complexity index is 1340. The van der Waals surface area contributed by atoms with E-state index in [0.717, 1.165) is 38.8 Å². The van der Waals surface area contributed by atoms with E-state index < -0.39 is 6.04 Å². The zero-order chi connectivity index (χ0) is 22.6. The van der Waals surface area contributed by atoms with Crippen LogP contribution in [0.1, 0.15) is 29.9 Å². The molecule has 2 unspecified atom stereocenters. The summed E-state index contributed by atoms with van der Waals surface area (Å²) in [5.74, 6) is 0.746. The maximum Gasteiger partial charge on any atom is 0.237 e. The number of nitrogens with zero attached hydrogens (tertiary/aromatic N) is 1. The van der Waals surface area contributed by atoms with E-state index in [1.54, 1.807) is 12.4 Å². The van der Waals surface area contributed by atoms with Crippen molar-refractivity contribution < 1.29 is 9.21 Å². The van der Waals surface area contributed by atoms with Crippen molar-refractivity contribution in [2.75, 3.05) is 0 Å². The number of carbonyl (C=O) groups is 1. The predicted octanol–water partition coefficient (Wildman–Crippen LogP) is 4.89. The highest BCUT2D eigenvalue weighted by molar-refractivity contribution is 5.86. The standard InChI is InChI=1S/C27H26N4O2/c1-18(19-10-12-28-13-11-19)31-27(32)25(15-21-16-29-24-8-4-3-7-23(21)24)30-17-22-14-20-6-2-5-9-26(20)33-22/h2-14,16,18,25,29-30H,15,17H2,1H3,(H,31,32). The Balaban J connectivity index is 1.36. The first kappa shape index (κ1) is 21.0. The molecule has 0 aliphatic carbocycles. The minimum atomic E-state index is -0.429. The van der Waals surface area contributed by atoms with Crippen LogP contribution in [-0.2, 0) is 17.8 Å². The normalized spacial score (nSPS) is 13.2. The summed E-state index contributed by atoms with van der Waals surface area (Å²) in [6.07, 6.45) is 6.02. The molecule has 5 rings (SSSR count). The summed E-state index contributed by atoms with van der Waals surface area (Å²) >= 11 is 0. The van der Waals surface area contributed by atoms with Gasteiger partial charge in [0.25, 0.3) is 0 Å². The molecule has 5 aromatic rings. The lowest BCUT2D eigenvalue weighted by Gasteiger charge is -2.21. The van der Waals surface area contributed by atoms with Gasteiger partial charge in [0.1, 0.15) is 11.3 Å². The van der Waals surface area contributed by atoms with Crippen LogP contribution in [-0.4, -0.2) is 21.9 Å². The molecule has 3 N–H and O–H groups in total. The number of rotatable bonds is 8. The number of para-hydroxylation sites is 2.